The maximum absolute atomic E-state index is 12.3. The Kier molecular flexibility index (Phi) is 3.23. The predicted molar refractivity (Wildman–Crippen MR) is 64.2 cm³/mol. The number of carboxylic acid groups (broad SMARTS) is 1. The smallest absolute Gasteiger partial charge is 0.328 e. The third kappa shape index (κ3) is 1.84. The number of hydrogen-bond acceptors (Lipinski definition) is 4. The molecule has 6 nitrogen and oxygen atoms in total. The first kappa shape index (κ1) is 13.1. The lowest BCUT2D eigenvalue weighted by Crippen LogP contribution is -2.45. The molecule has 2 N–H and O–H groups in total. The quantitative estimate of drug-likeness (QED) is 0.822. The van der Waals surface area contributed by atoms with Gasteiger partial charge in [0.15, 0.2) is 6.04 Å². The average molecular weight is 260 g/mol. The number of carbonyl (C=O) groups excluding carboxylic acids is 1. The molecule has 0 fully saturated rings. The molecule has 1 aliphatic heterocycles. The Morgan fingerprint density at radius 1 is 1.58 bits per heavy atom. The minimum absolute atomic E-state index is 0.355. The summed E-state index contributed by atoms with van der Waals surface area (Å²) in [7, 11) is 0. The van der Waals surface area contributed by atoms with E-state index in [2.05, 4.69) is 0 Å². The van der Waals surface area contributed by atoms with Crippen molar-refractivity contribution < 1.29 is 19.8 Å². The van der Waals surface area contributed by atoms with E-state index in [0.717, 1.165) is 4.90 Å². The maximum Gasteiger partial charge on any atom is 0.328 e. The topological polar surface area (TPSA) is 102 Å². The van der Waals surface area contributed by atoms with Gasteiger partial charge in [0.1, 0.15) is 6.04 Å². The number of aliphatic hydroxyl groups excluding tert-OH is 1. The Labute approximate surface area is 109 Å². The summed E-state index contributed by atoms with van der Waals surface area (Å²) < 4.78 is 0. The molecule has 98 valence electrons. The van der Waals surface area contributed by atoms with Crippen LogP contribution in [0.3, 0.4) is 0 Å². The average Bonchev–Trinajstić information content (AvgIpc) is 2.64. The van der Waals surface area contributed by atoms with Crippen LogP contribution in [0.4, 0.5) is 0 Å². The number of benzene rings is 1. The molecule has 0 bridgehead atoms. The Bertz CT molecular complexity index is 591. The highest BCUT2D eigenvalue weighted by atomic mass is 16.4. The van der Waals surface area contributed by atoms with Crippen LogP contribution in [0.5, 0.6) is 0 Å². The molecule has 0 aliphatic carbocycles. The van der Waals surface area contributed by atoms with E-state index in [1.165, 1.54) is 0 Å². The van der Waals surface area contributed by atoms with Gasteiger partial charge in [-0.05, 0) is 12.5 Å². The molecular weight excluding hydrogens is 248 g/mol. The summed E-state index contributed by atoms with van der Waals surface area (Å²) in [6, 6.07) is 4.61. The van der Waals surface area contributed by atoms with Crippen molar-refractivity contribution >= 4 is 11.9 Å². The van der Waals surface area contributed by atoms with Crippen molar-refractivity contribution in [2.24, 2.45) is 0 Å². The third-order valence-corrected chi connectivity index (χ3v) is 3.24. The number of aryl methyl sites for hydroxylation is 1. The van der Waals surface area contributed by atoms with Crippen molar-refractivity contribution in [2.45, 2.75) is 19.0 Å². The molecule has 1 aliphatic rings. The molecule has 0 saturated heterocycles. The number of nitriles is 1. The minimum Gasteiger partial charge on any atom is -0.480 e. The Hall–Kier alpha value is -2.39. The number of carboxylic acids is 1. The number of fused-ring (bicyclic) bond motifs is 1. The van der Waals surface area contributed by atoms with Gasteiger partial charge in [-0.2, -0.15) is 5.26 Å². The van der Waals surface area contributed by atoms with Crippen molar-refractivity contribution in [2.75, 3.05) is 6.61 Å². The van der Waals surface area contributed by atoms with E-state index in [1.807, 2.05) is 6.07 Å². The first-order valence-corrected chi connectivity index (χ1v) is 5.68. The van der Waals surface area contributed by atoms with E-state index in [9.17, 15) is 14.9 Å². The first-order chi connectivity index (χ1) is 9.02. The van der Waals surface area contributed by atoms with Crippen LogP contribution in [-0.4, -0.2) is 39.6 Å². The summed E-state index contributed by atoms with van der Waals surface area (Å²) in [5.41, 5.74) is 1.54. The van der Waals surface area contributed by atoms with Gasteiger partial charge < -0.3 is 15.1 Å². The van der Waals surface area contributed by atoms with Gasteiger partial charge in [-0.25, -0.2) is 4.79 Å². The van der Waals surface area contributed by atoms with Gasteiger partial charge in [-0.15, -0.1) is 0 Å². The molecular formula is C13H12N2O4. The van der Waals surface area contributed by atoms with Gasteiger partial charge in [0.25, 0.3) is 5.91 Å². The summed E-state index contributed by atoms with van der Waals surface area (Å²) in [6.45, 7) is 0.996. The summed E-state index contributed by atoms with van der Waals surface area (Å²) in [5, 5.41) is 27.4. The summed E-state index contributed by atoms with van der Waals surface area (Å²) in [6.07, 6.45) is 0. The Morgan fingerprint density at radius 2 is 2.26 bits per heavy atom. The largest absolute Gasteiger partial charge is 0.480 e. The van der Waals surface area contributed by atoms with Crippen LogP contribution >= 0.6 is 0 Å². The SMILES string of the molecule is Cc1cccc2c1C(=O)N(C(CO)C(=O)O)C2C#N. The number of aliphatic hydroxyl groups is 1. The van der Waals surface area contributed by atoms with E-state index in [-0.39, 0.29) is 0 Å². The van der Waals surface area contributed by atoms with Gasteiger partial charge in [-0.3, -0.25) is 4.79 Å². The van der Waals surface area contributed by atoms with Crippen LogP contribution in [-0.2, 0) is 4.79 Å². The standard InChI is InChI=1S/C13H12N2O4/c1-7-3-2-4-8-9(5-14)15(12(17)11(7)8)10(6-16)13(18)19/h2-4,9-10,16H,6H2,1H3,(H,18,19). The highest BCUT2D eigenvalue weighted by Gasteiger charge is 2.44. The molecule has 2 atom stereocenters. The zero-order valence-electron chi connectivity index (χ0n) is 10.2. The minimum atomic E-state index is -1.41. The normalized spacial score (nSPS) is 18.9. The van der Waals surface area contributed by atoms with Gasteiger partial charge in [0.05, 0.1) is 12.7 Å². The molecule has 6 heteroatoms. The monoisotopic (exact) mass is 260 g/mol. The lowest BCUT2D eigenvalue weighted by molar-refractivity contribution is -0.144. The fraction of sp³-hybridized carbons (Fsp3) is 0.308. The zero-order chi connectivity index (χ0) is 14.2. The highest BCUT2D eigenvalue weighted by molar-refractivity contribution is 6.02. The number of carbonyl (C=O) groups is 2. The molecule has 1 heterocycles. The van der Waals surface area contributed by atoms with Crippen LogP contribution < -0.4 is 0 Å². The first-order valence-electron chi connectivity index (χ1n) is 5.68. The molecule has 1 aromatic carbocycles. The van der Waals surface area contributed by atoms with Crippen molar-refractivity contribution in [1.82, 2.24) is 4.90 Å². The molecule has 1 amide bonds. The number of nitrogens with zero attached hydrogens (tertiary/aromatic N) is 2. The molecule has 0 aromatic heterocycles. The van der Waals surface area contributed by atoms with E-state index in [0.29, 0.717) is 16.7 Å². The highest BCUT2D eigenvalue weighted by Crippen LogP contribution is 2.36. The van der Waals surface area contributed by atoms with E-state index >= 15 is 0 Å². The van der Waals surface area contributed by atoms with E-state index < -0.39 is 30.6 Å². The second kappa shape index (κ2) is 4.71. The van der Waals surface area contributed by atoms with Crippen LogP contribution in [0.15, 0.2) is 18.2 Å². The fourth-order valence-electron chi connectivity index (χ4n) is 2.34. The van der Waals surface area contributed by atoms with Gasteiger partial charge >= 0.3 is 5.97 Å². The van der Waals surface area contributed by atoms with Crippen molar-refractivity contribution in [1.29, 1.82) is 5.26 Å². The van der Waals surface area contributed by atoms with Crippen molar-refractivity contribution in [3.63, 3.8) is 0 Å². The van der Waals surface area contributed by atoms with Crippen LogP contribution in [0.25, 0.3) is 0 Å². The van der Waals surface area contributed by atoms with Gasteiger partial charge in [0, 0.05) is 11.1 Å². The lowest BCUT2D eigenvalue weighted by atomic mass is 10.0. The number of aliphatic carboxylic acids is 1. The molecule has 1 aromatic rings. The van der Waals surface area contributed by atoms with Crippen molar-refractivity contribution in [3.05, 3.63) is 34.9 Å². The molecule has 2 rings (SSSR count). The number of hydrogen-bond donors (Lipinski definition) is 2. The predicted octanol–water partition coefficient (Wildman–Crippen LogP) is 0.461. The Morgan fingerprint density at radius 3 is 2.79 bits per heavy atom. The fourth-order valence-corrected chi connectivity index (χ4v) is 2.34. The second-order valence-electron chi connectivity index (χ2n) is 4.32. The molecule has 0 radical (unpaired) electrons. The molecule has 0 spiro atoms. The van der Waals surface area contributed by atoms with Gasteiger partial charge in [0.2, 0.25) is 0 Å². The van der Waals surface area contributed by atoms with E-state index in [1.54, 1.807) is 25.1 Å². The third-order valence-electron chi connectivity index (χ3n) is 3.24. The van der Waals surface area contributed by atoms with Crippen LogP contribution in [0.2, 0.25) is 0 Å². The number of amides is 1. The summed E-state index contributed by atoms with van der Waals surface area (Å²) in [5.74, 6) is -1.86. The molecule has 19 heavy (non-hydrogen) atoms. The number of rotatable bonds is 3. The van der Waals surface area contributed by atoms with Crippen LogP contribution in [0, 0.1) is 18.3 Å². The molecule has 2 unspecified atom stereocenters. The Balaban J connectivity index is 2.57. The van der Waals surface area contributed by atoms with Gasteiger partial charge in [-0.1, -0.05) is 18.2 Å². The maximum atomic E-state index is 12.3. The van der Waals surface area contributed by atoms with Crippen molar-refractivity contribution in [3.8, 4) is 6.07 Å². The van der Waals surface area contributed by atoms with Crippen LogP contribution in [0.1, 0.15) is 27.5 Å². The lowest BCUT2D eigenvalue weighted by Gasteiger charge is -2.25. The molecule has 0 saturated carbocycles. The van der Waals surface area contributed by atoms with E-state index in [4.69, 9.17) is 10.2 Å². The summed E-state index contributed by atoms with van der Waals surface area (Å²) >= 11 is 0. The zero-order valence-corrected chi connectivity index (χ0v) is 10.2. The second-order valence-corrected chi connectivity index (χ2v) is 4.32. The summed E-state index contributed by atoms with van der Waals surface area (Å²) in [4.78, 5) is 24.3.